The molecule has 0 saturated carbocycles. The summed E-state index contributed by atoms with van der Waals surface area (Å²) >= 11 is 0. The Morgan fingerprint density at radius 2 is 2.18 bits per heavy atom. The zero-order chi connectivity index (χ0) is 12.6. The molecule has 2 aromatic heterocycles. The van der Waals surface area contributed by atoms with E-state index in [0.29, 0.717) is 17.9 Å². The summed E-state index contributed by atoms with van der Waals surface area (Å²) in [6.45, 7) is 4.13. The summed E-state index contributed by atoms with van der Waals surface area (Å²) in [5, 5.41) is 18.4. The van der Waals surface area contributed by atoms with Crippen LogP contribution in [0.5, 0.6) is 0 Å². The van der Waals surface area contributed by atoms with Crippen LogP contribution < -0.4 is 5.56 Å². The van der Waals surface area contributed by atoms with Gasteiger partial charge in [-0.3, -0.25) is 4.79 Å². The van der Waals surface area contributed by atoms with Crippen molar-refractivity contribution in [1.82, 2.24) is 19.4 Å². The number of aromatic nitrogens is 4. The van der Waals surface area contributed by atoms with Gasteiger partial charge < -0.3 is 10.1 Å². The van der Waals surface area contributed by atoms with E-state index >= 15 is 0 Å². The van der Waals surface area contributed by atoms with Crippen molar-refractivity contribution in [2.45, 2.75) is 26.8 Å². The highest BCUT2D eigenvalue weighted by molar-refractivity contribution is 5.40. The van der Waals surface area contributed by atoms with Crippen molar-refractivity contribution in [3.63, 3.8) is 0 Å². The van der Waals surface area contributed by atoms with Crippen molar-refractivity contribution < 1.29 is 4.92 Å². The summed E-state index contributed by atoms with van der Waals surface area (Å²) in [5.74, 6) is -0.700. The Morgan fingerprint density at radius 3 is 2.76 bits per heavy atom. The second-order valence-electron chi connectivity index (χ2n) is 3.66. The molecule has 0 bridgehead atoms. The molecule has 0 aliphatic carbocycles. The molecule has 90 valence electrons. The van der Waals surface area contributed by atoms with Gasteiger partial charge in [0.05, 0.1) is 17.3 Å². The van der Waals surface area contributed by atoms with E-state index in [1.54, 1.807) is 13.0 Å². The zero-order valence-corrected chi connectivity index (χ0v) is 9.45. The van der Waals surface area contributed by atoms with Crippen LogP contribution >= 0.6 is 0 Å². The Morgan fingerprint density at radius 1 is 1.47 bits per heavy atom. The number of nitro groups is 1. The molecule has 0 aliphatic rings. The van der Waals surface area contributed by atoms with Gasteiger partial charge in [-0.1, -0.05) is 6.92 Å². The molecular formula is C9H11N5O3. The van der Waals surface area contributed by atoms with Gasteiger partial charge in [0.15, 0.2) is 5.65 Å². The number of nitrogens with zero attached hydrogens (tertiary/aromatic N) is 5. The lowest BCUT2D eigenvalue weighted by Crippen LogP contribution is -2.24. The average Bonchev–Trinajstić information content (AvgIpc) is 2.64. The van der Waals surface area contributed by atoms with E-state index in [1.807, 2.05) is 6.92 Å². The molecular weight excluding hydrogens is 226 g/mol. The Balaban J connectivity index is 2.84. The van der Waals surface area contributed by atoms with Crippen molar-refractivity contribution >= 4 is 11.5 Å². The Hall–Kier alpha value is -2.25. The summed E-state index contributed by atoms with van der Waals surface area (Å²) in [6.07, 6.45) is 0.757. The van der Waals surface area contributed by atoms with Crippen LogP contribution in [0.4, 0.5) is 5.82 Å². The molecule has 0 radical (unpaired) electrons. The summed E-state index contributed by atoms with van der Waals surface area (Å²) < 4.78 is 2.45. The topological polar surface area (TPSA) is 95.3 Å². The van der Waals surface area contributed by atoms with Crippen LogP contribution in [0.15, 0.2) is 10.9 Å². The van der Waals surface area contributed by atoms with E-state index in [0.717, 1.165) is 10.9 Å². The van der Waals surface area contributed by atoms with E-state index in [-0.39, 0.29) is 0 Å². The van der Waals surface area contributed by atoms with E-state index in [9.17, 15) is 14.9 Å². The van der Waals surface area contributed by atoms with Gasteiger partial charge in [-0.2, -0.15) is 14.3 Å². The monoisotopic (exact) mass is 237 g/mol. The number of aryl methyl sites for hydroxylation is 2. The minimum Gasteiger partial charge on any atom is -0.358 e. The third-order valence-electron chi connectivity index (χ3n) is 2.28. The zero-order valence-electron chi connectivity index (χ0n) is 9.45. The lowest BCUT2D eigenvalue weighted by Gasteiger charge is -2.00. The van der Waals surface area contributed by atoms with E-state index in [4.69, 9.17) is 0 Å². The predicted molar refractivity (Wildman–Crippen MR) is 58.9 cm³/mol. The Bertz CT molecular complexity index is 642. The second kappa shape index (κ2) is 3.96. The predicted octanol–water partition coefficient (Wildman–Crippen LogP) is 0.518. The first-order valence-electron chi connectivity index (χ1n) is 5.16. The summed E-state index contributed by atoms with van der Waals surface area (Å²) in [7, 11) is 0. The molecule has 2 rings (SSSR count). The van der Waals surface area contributed by atoms with E-state index in [1.165, 1.54) is 4.68 Å². The number of rotatable bonds is 3. The molecule has 8 nitrogen and oxygen atoms in total. The van der Waals surface area contributed by atoms with Crippen LogP contribution in [-0.2, 0) is 6.54 Å². The third kappa shape index (κ3) is 1.77. The van der Waals surface area contributed by atoms with Gasteiger partial charge in [-0.25, -0.2) is 0 Å². The molecule has 0 amide bonds. The first-order chi connectivity index (χ1) is 8.04. The lowest BCUT2D eigenvalue weighted by atomic mass is 10.4. The highest BCUT2D eigenvalue weighted by Crippen LogP contribution is 2.07. The SMILES string of the molecule is CCCn1nc([N+](=O)[O-])c(=O)n2nc(C)cc12. The highest BCUT2D eigenvalue weighted by atomic mass is 16.6. The van der Waals surface area contributed by atoms with Gasteiger partial charge in [-0.05, 0) is 18.3 Å². The van der Waals surface area contributed by atoms with Crippen molar-refractivity contribution in [3.8, 4) is 0 Å². The quantitative estimate of drug-likeness (QED) is 0.572. The first-order valence-corrected chi connectivity index (χ1v) is 5.16. The van der Waals surface area contributed by atoms with Crippen LogP contribution in [0.2, 0.25) is 0 Å². The van der Waals surface area contributed by atoms with Crippen molar-refractivity contribution in [3.05, 3.63) is 32.2 Å². The molecule has 0 aliphatic heterocycles. The lowest BCUT2D eigenvalue weighted by molar-refractivity contribution is -0.392. The van der Waals surface area contributed by atoms with Crippen molar-refractivity contribution in [2.75, 3.05) is 0 Å². The van der Waals surface area contributed by atoms with Crippen molar-refractivity contribution in [2.24, 2.45) is 0 Å². The van der Waals surface area contributed by atoms with Crippen LogP contribution in [0, 0.1) is 17.0 Å². The fourth-order valence-corrected chi connectivity index (χ4v) is 1.61. The van der Waals surface area contributed by atoms with E-state index in [2.05, 4.69) is 10.2 Å². The smallest absolute Gasteiger partial charge is 0.358 e. The molecule has 8 heteroatoms. The molecule has 0 unspecified atom stereocenters. The van der Waals surface area contributed by atoms with E-state index < -0.39 is 16.3 Å². The van der Waals surface area contributed by atoms with Gasteiger partial charge in [0, 0.05) is 6.07 Å². The third-order valence-corrected chi connectivity index (χ3v) is 2.28. The summed E-state index contributed by atoms with van der Waals surface area (Å²) in [4.78, 5) is 21.7. The van der Waals surface area contributed by atoms with Crippen LogP contribution in [0.25, 0.3) is 5.65 Å². The van der Waals surface area contributed by atoms with Gasteiger partial charge in [0.25, 0.3) is 0 Å². The maximum Gasteiger partial charge on any atom is 0.455 e. The maximum atomic E-state index is 11.7. The molecule has 0 aromatic carbocycles. The molecule has 0 atom stereocenters. The summed E-state index contributed by atoms with van der Waals surface area (Å²) in [6, 6.07) is 1.67. The van der Waals surface area contributed by atoms with Gasteiger partial charge >= 0.3 is 11.4 Å². The Labute approximate surface area is 95.6 Å². The fourth-order valence-electron chi connectivity index (χ4n) is 1.61. The normalized spacial score (nSPS) is 10.9. The largest absolute Gasteiger partial charge is 0.455 e. The second-order valence-corrected chi connectivity index (χ2v) is 3.66. The van der Waals surface area contributed by atoms with Gasteiger partial charge in [0.2, 0.25) is 0 Å². The number of hydrogen-bond acceptors (Lipinski definition) is 5. The van der Waals surface area contributed by atoms with Crippen LogP contribution in [-0.4, -0.2) is 24.3 Å². The maximum absolute atomic E-state index is 11.7. The fraction of sp³-hybridized carbons (Fsp3) is 0.444. The molecule has 0 saturated heterocycles. The molecule has 2 heterocycles. The molecule has 17 heavy (non-hydrogen) atoms. The summed E-state index contributed by atoms with van der Waals surface area (Å²) in [5.41, 5.74) is 0.291. The van der Waals surface area contributed by atoms with Gasteiger partial charge in [-0.15, -0.1) is 0 Å². The highest BCUT2D eigenvalue weighted by Gasteiger charge is 2.21. The molecule has 0 N–H and O–H groups in total. The first kappa shape index (κ1) is 11.2. The average molecular weight is 237 g/mol. The minimum absolute atomic E-state index is 0.472. The van der Waals surface area contributed by atoms with Crippen LogP contribution in [0.1, 0.15) is 19.0 Å². The number of fused-ring (bicyclic) bond motifs is 1. The number of hydrogen-bond donors (Lipinski definition) is 0. The van der Waals surface area contributed by atoms with Crippen molar-refractivity contribution in [1.29, 1.82) is 0 Å². The minimum atomic E-state index is -0.801. The van der Waals surface area contributed by atoms with Gasteiger partial charge in [0.1, 0.15) is 0 Å². The molecule has 2 aromatic rings. The standard InChI is InChI=1S/C9H11N5O3/c1-3-4-12-7-5-6(2)10-13(7)9(15)8(11-12)14(16)17/h5H,3-4H2,1-2H3. The molecule has 0 spiro atoms. The van der Waals surface area contributed by atoms with Crippen LogP contribution in [0.3, 0.4) is 0 Å². The Kier molecular flexibility index (Phi) is 2.62. The molecule has 0 fully saturated rings.